The van der Waals surface area contributed by atoms with E-state index in [2.05, 4.69) is 0 Å². The Hall–Kier alpha value is -2.49. The maximum absolute atomic E-state index is 12.9. The number of nitrogens with zero attached hydrogens (tertiary/aromatic N) is 1. The zero-order valence-electron chi connectivity index (χ0n) is 9.97. The molecule has 0 fully saturated rings. The smallest absolute Gasteiger partial charge is 0.265 e. The predicted octanol–water partition coefficient (Wildman–Crippen LogP) is 2.56. The summed E-state index contributed by atoms with van der Waals surface area (Å²) in [4.78, 5) is 25.5. The number of hydrogen-bond donors (Lipinski definition) is 0. The van der Waals surface area contributed by atoms with Gasteiger partial charge in [0.05, 0.1) is 12.1 Å². The molecule has 4 heteroatoms. The fraction of sp³-hybridized carbons (Fsp3) is 0.0667. The largest absolute Gasteiger partial charge is 0.274 e. The highest BCUT2D eigenvalue weighted by molar-refractivity contribution is 6.24. The van der Waals surface area contributed by atoms with E-state index >= 15 is 0 Å². The first-order chi connectivity index (χ1) is 9.16. The van der Waals surface area contributed by atoms with Crippen LogP contribution < -0.4 is 4.90 Å². The van der Waals surface area contributed by atoms with E-state index in [4.69, 9.17) is 0 Å². The fourth-order valence-corrected chi connectivity index (χ4v) is 2.21. The molecular weight excluding hydrogens is 245 g/mol. The van der Waals surface area contributed by atoms with Crippen molar-refractivity contribution in [2.45, 2.75) is 6.42 Å². The zero-order valence-corrected chi connectivity index (χ0v) is 9.97. The third-order valence-electron chi connectivity index (χ3n) is 3.13. The number of fused-ring (bicyclic) bond motifs is 1. The number of carbonyl (C=O) groups is 2. The van der Waals surface area contributed by atoms with Gasteiger partial charge in [-0.05, 0) is 35.9 Å². The van der Waals surface area contributed by atoms with Crippen LogP contribution in [0.5, 0.6) is 0 Å². The number of rotatable bonds is 1. The van der Waals surface area contributed by atoms with Gasteiger partial charge in [0.15, 0.2) is 0 Å². The van der Waals surface area contributed by atoms with Crippen LogP contribution in [0.3, 0.4) is 0 Å². The van der Waals surface area contributed by atoms with Crippen molar-refractivity contribution in [3.05, 3.63) is 65.5 Å². The number of anilines is 1. The van der Waals surface area contributed by atoms with Crippen LogP contribution in [-0.4, -0.2) is 11.8 Å². The first-order valence-corrected chi connectivity index (χ1v) is 5.87. The van der Waals surface area contributed by atoms with E-state index in [1.165, 1.54) is 24.3 Å². The number of hydrogen-bond acceptors (Lipinski definition) is 2. The molecule has 0 unspecified atom stereocenters. The lowest BCUT2D eigenvalue weighted by atomic mass is 9.98. The molecule has 0 atom stereocenters. The summed E-state index contributed by atoms with van der Waals surface area (Å²) in [6.45, 7) is 0. The molecule has 0 bridgehead atoms. The maximum atomic E-state index is 12.9. The topological polar surface area (TPSA) is 37.4 Å². The molecule has 1 aliphatic heterocycles. The lowest BCUT2D eigenvalue weighted by Gasteiger charge is -2.26. The molecule has 3 rings (SSSR count). The molecule has 2 aromatic rings. The van der Waals surface area contributed by atoms with Crippen molar-refractivity contribution < 1.29 is 14.0 Å². The van der Waals surface area contributed by atoms with E-state index in [0.29, 0.717) is 11.3 Å². The number of carbonyl (C=O) groups excluding carboxylic acids is 2. The minimum Gasteiger partial charge on any atom is -0.274 e. The van der Waals surface area contributed by atoms with E-state index in [9.17, 15) is 14.0 Å². The van der Waals surface area contributed by atoms with Gasteiger partial charge < -0.3 is 0 Å². The summed E-state index contributed by atoms with van der Waals surface area (Å²) < 4.78 is 12.9. The number of imide groups is 1. The molecular formula is C15H10FNO2. The van der Waals surface area contributed by atoms with Crippen LogP contribution in [-0.2, 0) is 11.2 Å². The summed E-state index contributed by atoms with van der Waals surface area (Å²) in [6, 6.07) is 12.3. The van der Waals surface area contributed by atoms with Gasteiger partial charge in [0.25, 0.3) is 5.91 Å². The second-order valence-corrected chi connectivity index (χ2v) is 4.34. The van der Waals surface area contributed by atoms with Gasteiger partial charge in [-0.3, -0.25) is 9.59 Å². The first kappa shape index (κ1) is 11.6. The van der Waals surface area contributed by atoms with Crippen LogP contribution in [0.4, 0.5) is 10.1 Å². The number of benzene rings is 2. The van der Waals surface area contributed by atoms with E-state index in [-0.39, 0.29) is 18.2 Å². The number of amides is 2. The van der Waals surface area contributed by atoms with Gasteiger partial charge in [-0.2, -0.15) is 0 Å². The third kappa shape index (κ3) is 1.91. The van der Waals surface area contributed by atoms with Crippen molar-refractivity contribution in [1.29, 1.82) is 0 Å². The van der Waals surface area contributed by atoms with E-state index in [1.54, 1.807) is 24.3 Å². The Morgan fingerprint density at radius 3 is 2.37 bits per heavy atom. The molecule has 2 aromatic carbocycles. The third-order valence-corrected chi connectivity index (χ3v) is 3.13. The van der Waals surface area contributed by atoms with Crippen molar-refractivity contribution in [2.75, 3.05) is 4.90 Å². The van der Waals surface area contributed by atoms with Crippen molar-refractivity contribution in [1.82, 2.24) is 0 Å². The van der Waals surface area contributed by atoms with Gasteiger partial charge in [-0.15, -0.1) is 0 Å². The van der Waals surface area contributed by atoms with Crippen LogP contribution in [0.25, 0.3) is 0 Å². The highest BCUT2D eigenvalue weighted by Gasteiger charge is 2.31. The Bertz CT molecular complexity index is 664. The van der Waals surface area contributed by atoms with Gasteiger partial charge >= 0.3 is 0 Å². The summed E-state index contributed by atoms with van der Waals surface area (Å²) in [6.07, 6.45) is 0.180. The van der Waals surface area contributed by atoms with Gasteiger partial charge in [0, 0.05) is 5.56 Å². The second-order valence-electron chi connectivity index (χ2n) is 4.34. The summed E-state index contributed by atoms with van der Waals surface area (Å²) in [7, 11) is 0. The maximum Gasteiger partial charge on any atom is 0.265 e. The van der Waals surface area contributed by atoms with E-state index < -0.39 is 5.82 Å². The molecule has 19 heavy (non-hydrogen) atoms. The molecule has 94 valence electrons. The minimum absolute atomic E-state index is 0.180. The molecule has 1 aliphatic rings. The average molecular weight is 255 g/mol. The lowest BCUT2D eigenvalue weighted by molar-refractivity contribution is -0.117. The zero-order chi connectivity index (χ0) is 13.4. The Morgan fingerprint density at radius 1 is 0.947 bits per heavy atom. The molecule has 1 heterocycles. The SMILES string of the molecule is O=C1Cc2ccccc2C(=O)N1c1ccc(F)cc1. The second kappa shape index (κ2) is 4.31. The quantitative estimate of drug-likeness (QED) is 0.734. The van der Waals surface area contributed by atoms with E-state index in [0.717, 1.165) is 10.5 Å². The van der Waals surface area contributed by atoms with Gasteiger partial charge in [0.2, 0.25) is 5.91 Å². The fourth-order valence-electron chi connectivity index (χ4n) is 2.21. The lowest BCUT2D eigenvalue weighted by Crippen LogP contribution is -2.42. The average Bonchev–Trinajstić information content (AvgIpc) is 2.41. The summed E-state index contributed by atoms with van der Waals surface area (Å²) >= 11 is 0. The van der Waals surface area contributed by atoms with Crippen LogP contribution in [0.1, 0.15) is 15.9 Å². The molecule has 2 amide bonds. The monoisotopic (exact) mass is 255 g/mol. The standard InChI is InChI=1S/C15H10FNO2/c16-11-5-7-12(8-6-11)17-14(18)9-10-3-1-2-4-13(10)15(17)19/h1-8H,9H2. The van der Waals surface area contributed by atoms with Crippen LogP contribution in [0, 0.1) is 5.82 Å². The highest BCUT2D eigenvalue weighted by atomic mass is 19.1. The van der Waals surface area contributed by atoms with Gasteiger partial charge in [-0.25, -0.2) is 9.29 Å². The molecule has 0 radical (unpaired) electrons. The Balaban J connectivity index is 2.06. The van der Waals surface area contributed by atoms with Gasteiger partial charge in [0.1, 0.15) is 5.82 Å². The summed E-state index contributed by atoms with van der Waals surface area (Å²) in [5.41, 5.74) is 1.65. The molecule has 0 saturated heterocycles. The Morgan fingerprint density at radius 2 is 1.63 bits per heavy atom. The Labute approximate surface area is 109 Å². The Kier molecular flexibility index (Phi) is 2.63. The van der Waals surface area contributed by atoms with Crippen molar-refractivity contribution in [2.24, 2.45) is 0 Å². The molecule has 3 nitrogen and oxygen atoms in total. The van der Waals surface area contributed by atoms with Crippen LogP contribution in [0.2, 0.25) is 0 Å². The van der Waals surface area contributed by atoms with Crippen LogP contribution in [0.15, 0.2) is 48.5 Å². The van der Waals surface area contributed by atoms with E-state index in [1.807, 2.05) is 0 Å². The first-order valence-electron chi connectivity index (χ1n) is 5.87. The molecule has 0 N–H and O–H groups in total. The molecule has 0 aliphatic carbocycles. The minimum atomic E-state index is -0.402. The van der Waals surface area contributed by atoms with Crippen LogP contribution >= 0.6 is 0 Å². The summed E-state index contributed by atoms with van der Waals surface area (Å²) in [5.74, 6) is -1.06. The molecule has 0 aromatic heterocycles. The van der Waals surface area contributed by atoms with Crippen molar-refractivity contribution in [3.8, 4) is 0 Å². The normalized spacial score (nSPS) is 14.5. The van der Waals surface area contributed by atoms with Crippen molar-refractivity contribution >= 4 is 17.5 Å². The number of halogens is 1. The predicted molar refractivity (Wildman–Crippen MR) is 68.4 cm³/mol. The highest BCUT2D eigenvalue weighted by Crippen LogP contribution is 2.25. The van der Waals surface area contributed by atoms with Gasteiger partial charge in [-0.1, -0.05) is 18.2 Å². The van der Waals surface area contributed by atoms with Crippen molar-refractivity contribution in [3.63, 3.8) is 0 Å². The summed E-state index contributed by atoms with van der Waals surface area (Å²) in [5, 5.41) is 0. The molecule has 0 saturated carbocycles. The molecule has 0 spiro atoms.